The van der Waals surface area contributed by atoms with Crippen molar-refractivity contribution in [3.8, 4) is 0 Å². The van der Waals surface area contributed by atoms with Crippen LogP contribution in [-0.2, 0) is 19.1 Å². The van der Waals surface area contributed by atoms with Gasteiger partial charge in [0.25, 0.3) is 0 Å². The molecule has 1 aliphatic carbocycles. The molecule has 8 nitrogen and oxygen atoms in total. The van der Waals surface area contributed by atoms with Crippen molar-refractivity contribution in [1.82, 2.24) is 15.1 Å². The number of nitrogens with zero attached hydrogens (tertiary/aromatic N) is 2. The minimum absolute atomic E-state index is 0.0968. The number of amides is 3. The average molecular weight is 592 g/mol. The van der Waals surface area contributed by atoms with Gasteiger partial charge >= 0.3 is 0 Å². The van der Waals surface area contributed by atoms with Crippen molar-refractivity contribution in [3.63, 3.8) is 0 Å². The van der Waals surface area contributed by atoms with Crippen molar-refractivity contribution in [1.29, 1.82) is 0 Å². The second-order valence-electron chi connectivity index (χ2n) is 11.6. The molecule has 0 radical (unpaired) electrons. The summed E-state index contributed by atoms with van der Waals surface area (Å²) in [6.07, 6.45) is 10.4. The number of fused-ring (bicyclic) bond motifs is 1. The fraction of sp³-hybridized carbons (Fsp3) is 0.633. The first-order chi connectivity index (χ1) is 19.3. The smallest absolute Gasteiger partial charge is 0.246 e. The number of anilines is 1. The Morgan fingerprint density at radius 1 is 1.02 bits per heavy atom. The molecule has 40 heavy (non-hydrogen) atoms. The fourth-order valence-electron chi connectivity index (χ4n) is 7.10. The van der Waals surface area contributed by atoms with Crippen LogP contribution in [0.5, 0.6) is 0 Å². The van der Waals surface area contributed by atoms with E-state index in [0.717, 1.165) is 51.6 Å². The van der Waals surface area contributed by atoms with Gasteiger partial charge in [-0.25, -0.2) is 0 Å². The zero-order valence-corrected chi connectivity index (χ0v) is 24.8. The lowest BCUT2D eigenvalue weighted by molar-refractivity contribution is -0.141. The standard InChI is InChI=1S/C30H40Cl2N4O4/c1-3-12-35(13-4-2)14-15-36-26(28(38)33-21-8-6-5-7-9-21)30-11-10-23(40-30)24(25(30)29(36)39)27(37)34-22-17-19(31)16-20(32)18-22/h10-11,16-18,21,23-26H,3-9,12-15H2,1-2H3,(H,33,38)(H,34,37)/t23-,24+,25-,26-,30-/m0/s1. The van der Waals surface area contributed by atoms with Crippen molar-refractivity contribution >= 4 is 46.6 Å². The van der Waals surface area contributed by atoms with Gasteiger partial charge in [0, 0.05) is 34.9 Å². The molecule has 1 saturated carbocycles. The third-order valence-electron chi connectivity index (χ3n) is 8.74. The van der Waals surface area contributed by atoms with Crippen LogP contribution in [0.15, 0.2) is 30.4 Å². The number of hydrogen-bond donors (Lipinski definition) is 2. The van der Waals surface area contributed by atoms with Gasteiger partial charge in [0.1, 0.15) is 11.6 Å². The van der Waals surface area contributed by atoms with E-state index in [-0.39, 0.29) is 23.8 Å². The van der Waals surface area contributed by atoms with Crippen LogP contribution in [0.4, 0.5) is 5.69 Å². The molecule has 5 rings (SSSR count). The number of likely N-dealkylation sites (tertiary alicyclic amines) is 1. The first-order valence-electron chi connectivity index (χ1n) is 14.7. The third kappa shape index (κ3) is 5.65. The third-order valence-corrected chi connectivity index (χ3v) is 9.18. The van der Waals surface area contributed by atoms with E-state index in [2.05, 4.69) is 29.4 Å². The molecule has 2 N–H and O–H groups in total. The Bertz CT molecular complexity index is 1130. The molecule has 1 aromatic rings. The van der Waals surface area contributed by atoms with Crippen LogP contribution >= 0.6 is 23.2 Å². The monoisotopic (exact) mass is 590 g/mol. The van der Waals surface area contributed by atoms with E-state index in [9.17, 15) is 14.4 Å². The normalized spacial score (nSPS) is 29.3. The topological polar surface area (TPSA) is 91.0 Å². The maximum atomic E-state index is 14.2. The minimum atomic E-state index is -1.17. The van der Waals surface area contributed by atoms with Crippen LogP contribution in [-0.4, -0.2) is 77.5 Å². The van der Waals surface area contributed by atoms with E-state index >= 15 is 0 Å². The second-order valence-corrected chi connectivity index (χ2v) is 12.4. The number of rotatable bonds is 11. The highest BCUT2D eigenvalue weighted by Gasteiger charge is 2.72. The summed E-state index contributed by atoms with van der Waals surface area (Å²) in [5, 5.41) is 6.93. The predicted molar refractivity (Wildman–Crippen MR) is 156 cm³/mol. The van der Waals surface area contributed by atoms with Crippen molar-refractivity contribution in [2.45, 2.75) is 82.6 Å². The highest BCUT2D eigenvalue weighted by molar-refractivity contribution is 6.35. The molecule has 3 fully saturated rings. The van der Waals surface area contributed by atoms with E-state index < -0.39 is 29.6 Å². The summed E-state index contributed by atoms with van der Waals surface area (Å²) >= 11 is 12.3. The zero-order chi connectivity index (χ0) is 28.4. The molecule has 3 heterocycles. The van der Waals surface area contributed by atoms with Crippen LogP contribution < -0.4 is 10.6 Å². The molecule has 0 aromatic heterocycles. The van der Waals surface area contributed by atoms with Gasteiger partial charge < -0.3 is 25.2 Å². The number of nitrogens with one attached hydrogen (secondary N) is 2. The number of ether oxygens (including phenoxy) is 1. The van der Waals surface area contributed by atoms with E-state index in [1.54, 1.807) is 23.1 Å². The summed E-state index contributed by atoms with van der Waals surface area (Å²) in [6, 6.07) is 4.09. The molecule has 2 bridgehead atoms. The van der Waals surface area contributed by atoms with Gasteiger partial charge in [0.2, 0.25) is 17.7 Å². The van der Waals surface area contributed by atoms with Crippen LogP contribution in [0.1, 0.15) is 58.8 Å². The van der Waals surface area contributed by atoms with Gasteiger partial charge in [-0.2, -0.15) is 0 Å². The molecule has 218 valence electrons. The van der Waals surface area contributed by atoms with Crippen LogP contribution in [0.25, 0.3) is 0 Å². The molecule has 3 aliphatic heterocycles. The summed E-state index contributed by atoms with van der Waals surface area (Å²) in [5.41, 5.74) is -0.721. The number of halogens is 2. The Hall–Kier alpha value is -2.13. The summed E-state index contributed by atoms with van der Waals surface area (Å²) in [4.78, 5) is 45.8. The Morgan fingerprint density at radius 2 is 1.70 bits per heavy atom. The highest BCUT2D eigenvalue weighted by atomic mass is 35.5. The minimum Gasteiger partial charge on any atom is -0.359 e. The van der Waals surface area contributed by atoms with Crippen LogP contribution in [0, 0.1) is 11.8 Å². The van der Waals surface area contributed by atoms with Gasteiger partial charge in [-0.05, 0) is 57.0 Å². The molecular weight excluding hydrogens is 551 g/mol. The molecule has 2 saturated heterocycles. The largest absolute Gasteiger partial charge is 0.359 e. The summed E-state index contributed by atoms with van der Waals surface area (Å²) < 4.78 is 6.47. The van der Waals surface area contributed by atoms with E-state index in [0.29, 0.717) is 28.8 Å². The molecule has 4 aliphatic rings. The van der Waals surface area contributed by atoms with Crippen molar-refractivity contribution < 1.29 is 19.1 Å². The SMILES string of the molecule is CCCN(CCC)CCN1C(=O)[C@@H]2[C@H](C(=O)Nc3cc(Cl)cc(Cl)c3)[C@@H]3C=C[C@@]2(O3)[C@@H]1C(=O)NC1CCCCC1. The molecule has 1 aromatic carbocycles. The average Bonchev–Trinajstić information content (AvgIpc) is 3.55. The maximum absolute atomic E-state index is 14.2. The van der Waals surface area contributed by atoms with Crippen molar-refractivity contribution in [2.75, 3.05) is 31.5 Å². The highest BCUT2D eigenvalue weighted by Crippen LogP contribution is 2.55. The predicted octanol–water partition coefficient (Wildman–Crippen LogP) is 4.65. The van der Waals surface area contributed by atoms with Crippen LogP contribution in [0.3, 0.4) is 0 Å². The first kappa shape index (κ1) is 29.4. The van der Waals surface area contributed by atoms with Gasteiger partial charge in [0.05, 0.1) is 17.9 Å². The molecule has 1 spiro atoms. The quantitative estimate of drug-likeness (QED) is 0.366. The summed E-state index contributed by atoms with van der Waals surface area (Å²) in [5.74, 6) is -2.29. The number of carbonyl (C=O) groups is 3. The second kappa shape index (κ2) is 12.4. The van der Waals surface area contributed by atoms with Crippen molar-refractivity contribution in [3.05, 3.63) is 40.4 Å². The lowest BCUT2D eigenvalue weighted by atomic mass is 9.74. The Kier molecular flexibility index (Phi) is 9.10. The van der Waals surface area contributed by atoms with E-state index in [4.69, 9.17) is 27.9 Å². The van der Waals surface area contributed by atoms with Crippen LogP contribution in [0.2, 0.25) is 10.0 Å². The lowest BCUT2D eigenvalue weighted by Gasteiger charge is -2.35. The van der Waals surface area contributed by atoms with Gasteiger partial charge in [-0.1, -0.05) is 68.5 Å². The molecule has 10 heteroatoms. The molecule has 0 unspecified atom stereocenters. The number of benzene rings is 1. The van der Waals surface area contributed by atoms with Gasteiger partial charge in [-0.3, -0.25) is 14.4 Å². The van der Waals surface area contributed by atoms with Crippen molar-refractivity contribution in [2.24, 2.45) is 11.8 Å². The Labute approximate surface area is 246 Å². The Balaban J connectivity index is 1.42. The molecule has 5 atom stereocenters. The lowest BCUT2D eigenvalue weighted by Crippen LogP contribution is -2.57. The number of hydrogen-bond acceptors (Lipinski definition) is 5. The first-order valence-corrected chi connectivity index (χ1v) is 15.5. The number of carbonyl (C=O) groups excluding carboxylic acids is 3. The summed E-state index contributed by atoms with van der Waals surface area (Å²) in [7, 11) is 0. The fourth-order valence-corrected chi connectivity index (χ4v) is 7.63. The van der Waals surface area contributed by atoms with Gasteiger partial charge in [-0.15, -0.1) is 0 Å². The van der Waals surface area contributed by atoms with E-state index in [1.165, 1.54) is 6.42 Å². The molecular formula is C30H40Cl2N4O4. The molecule has 3 amide bonds. The van der Waals surface area contributed by atoms with E-state index in [1.807, 2.05) is 12.2 Å². The maximum Gasteiger partial charge on any atom is 0.246 e. The van der Waals surface area contributed by atoms with Gasteiger partial charge in [0.15, 0.2) is 0 Å². The summed E-state index contributed by atoms with van der Waals surface area (Å²) in [6.45, 7) is 7.20. The Morgan fingerprint density at radius 3 is 2.35 bits per heavy atom. The zero-order valence-electron chi connectivity index (χ0n) is 23.3.